The summed E-state index contributed by atoms with van der Waals surface area (Å²) in [5.74, 6) is -1.06. The molecule has 0 aromatic rings. The number of carbonyl (C=O) groups is 1. The second kappa shape index (κ2) is 4.83. The molecule has 0 aromatic heterocycles. The maximum atomic E-state index is 11.8. The molecule has 2 N–H and O–H groups in total. The molecule has 1 fully saturated rings. The van der Waals surface area contributed by atoms with E-state index < -0.39 is 30.7 Å². The molecule has 1 rings (SSSR count). The van der Waals surface area contributed by atoms with Gasteiger partial charge in [-0.2, -0.15) is 13.2 Å². The van der Waals surface area contributed by atoms with E-state index in [4.69, 9.17) is 0 Å². The maximum absolute atomic E-state index is 11.8. The van der Waals surface area contributed by atoms with Crippen molar-refractivity contribution in [3.05, 3.63) is 0 Å². The van der Waals surface area contributed by atoms with E-state index >= 15 is 0 Å². The highest BCUT2D eigenvalue weighted by atomic mass is 19.4. The average molecular weight is 225 g/mol. The molecule has 0 unspecified atom stereocenters. The van der Waals surface area contributed by atoms with E-state index in [2.05, 4.69) is 5.32 Å². The molecule has 0 bridgehead atoms. The van der Waals surface area contributed by atoms with Crippen molar-refractivity contribution in [2.45, 2.75) is 50.4 Å². The molecule has 6 heteroatoms. The first kappa shape index (κ1) is 12.3. The second-order valence-electron chi connectivity index (χ2n) is 3.82. The fourth-order valence-electron chi connectivity index (χ4n) is 1.72. The predicted molar refractivity (Wildman–Crippen MR) is 47.1 cm³/mol. The lowest BCUT2D eigenvalue weighted by Crippen LogP contribution is -2.46. The molecule has 1 aliphatic rings. The third-order valence-electron chi connectivity index (χ3n) is 2.44. The van der Waals surface area contributed by atoms with Crippen LogP contribution < -0.4 is 5.32 Å². The number of halogens is 3. The van der Waals surface area contributed by atoms with E-state index in [1.54, 1.807) is 0 Å². The van der Waals surface area contributed by atoms with Crippen molar-refractivity contribution in [2.75, 3.05) is 0 Å². The number of nitrogens with one attached hydrogen (secondary N) is 1. The molecule has 3 nitrogen and oxygen atoms in total. The number of amides is 1. The molecule has 0 aromatic carbocycles. The highest BCUT2D eigenvalue weighted by Crippen LogP contribution is 2.21. The fraction of sp³-hybridized carbons (Fsp3) is 0.889. The summed E-state index contributed by atoms with van der Waals surface area (Å²) in [6.45, 7) is 0. The van der Waals surface area contributed by atoms with Crippen molar-refractivity contribution in [3.63, 3.8) is 0 Å². The van der Waals surface area contributed by atoms with E-state index in [1.165, 1.54) is 0 Å². The number of carbonyl (C=O) groups excluding carboxylic acids is 1. The van der Waals surface area contributed by atoms with Gasteiger partial charge in [-0.25, -0.2) is 0 Å². The number of hydrogen-bond acceptors (Lipinski definition) is 2. The van der Waals surface area contributed by atoms with Crippen LogP contribution in [-0.4, -0.2) is 29.3 Å². The monoisotopic (exact) mass is 225 g/mol. The van der Waals surface area contributed by atoms with Crippen LogP contribution in [0.3, 0.4) is 0 Å². The molecule has 2 atom stereocenters. The van der Waals surface area contributed by atoms with Gasteiger partial charge in [-0.3, -0.25) is 4.79 Å². The van der Waals surface area contributed by atoms with Crippen molar-refractivity contribution in [1.82, 2.24) is 5.32 Å². The summed E-state index contributed by atoms with van der Waals surface area (Å²) < 4.78 is 35.5. The predicted octanol–water partition coefficient (Wildman–Crippen LogP) is 1.36. The Labute approximate surface area is 85.7 Å². The SMILES string of the molecule is O=C(CC(F)(F)F)N[C@@H]1CCCC[C@H]1O. The minimum absolute atomic E-state index is 0.520. The van der Waals surface area contributed by atoms with Gasteiger partial charge in [0.05, 0.1) is 12.1 Å². The van der Waals surface area contributed by atoms with Crippen LogP contribution >= 0.6 is 0 Å². The Hall–Kier alpha value is -0.780. The van der Waals surface area contributed by atoms with Crippen LogP contribution in [0.25, 0.3) is 0 Å². The van der Waals surface area contributed by atoms with Crippen molar-refractivity contribution in [2.24, 2.45) is 0 Å². The lowest BCUT2D eigenvalue weighted by atomic mass is 9.92. The highest BCUT2D eigenvalue weighted by molar-refractivity contribution is 5.76. The van der Waals surface area contributed by atoms with Gasteiger partial charge < -0.3 is 10.4 Å². The van der Waals surface area contributed by atoms with Crippen LogP contribution in [0.1, 0.15) is 32.1 Å². The number of alkyl halides is 3. The topological polar surface area (TPSA) is 49.3 Å². The van der Waals surface area contributed by atoms with Crippen LogP contribution in [0.15, 0.2) is 0 Å². The molecule has 88 valence electrons. The minimum Gasteiger partial charge on any atom is -0.391 e. The Bertz CT molecular complexity index is 230. The van der Waals surface area contributed by atoms with E-state index in [0.717, 1.165) is 12.8 Å². The normalized spacial score (nSPS) is 27.5. The minimum atomic E-state index is -4.48. The lowest BCUT2D eigenvalue weighted by molar-refractivity contribution is -0.155. The zero-order chi connectivity index (χ0) is 11.5. The van der Waals surface area contributed by atoms with Crippen LogP contribution in [0, 0.1) is 0 Å². The Balaban J connectivity index is 2.36. The molecule has 15 heavy (non-hydrogen) atoms. The molecule has 0 aliphatic heterocycles. The Morgan fingerprint density at radius 3 is 2.47 bits per heavy atom. The van der Waals surface area contributed by atoms with E-state index in [9.17, 15) is 23.1 Å². The second-order valence-corrected chi connectivity index (χ2v) is 3.82. The van der Waals surface area contributed by atoms with Gasteiger partial charge in [0, 0.05) is 0 Å². The average Bonchev–Trinajstić information content (AvgIpc) is 2.05. The Kier molecular flexibility index (Phi) is 3.96. The van der Waals surface area contributed by atoms with Gasteiger partial charge in [-0.1, -0.05) is 12.8 Å². The molecule has 0 spiro atoms. The molecular weight excluding hydrogens is 211 g/mol. The van der Waals surface area contributed by atoms with Crippen LogP contribution in [0.4, 0.5) is 13.2 Å². The van der Waals surface area contributed by atoms with E-state index in [1.807, 2.05) is 0 Å². The summed E-state index contributed by atoms with van der Waals surface area (Å²) in [5, 5.41) is 11.6. The van der Waals surface area contributed by atoms with Crippen molar-refractivity contribution < 1.29 is 23.1 Å². The lowest BCUT2D eigenvalue weighted by Gasteiger charge is -2.28. The van der Waals surface area contributed by atoms with Gasteiger partial charge >= 0.3 is 6.18 Å². The van der Waals surface area contributed by atoms with Gasteiger partial charge in [0.25, 0.3) is 0 Å². The van der Waals surface area contributed by atoms with Crippen LogP contribution in [0.2, 0.25) is 0 Å². The number of hydrogen-bond donors (Lipinski definition) is 2. The number of aliphatic hydroxyl groups excluding tert-OH is 1. The number of aliphatic hydroxyl groups is 1. The summed E-state index contributed by atoms with van der Waals surface area (Å²) in [7, 11) is 0. The summed E-state index contributed by atoms with van der Waals surface area (Å²) in [4.78, 5) is 10.9. The summed E-state index contributed by atoms with van der Waals surface area (Å²) in [6.07, 6.45) is -3.90. The first-order valence-corrected chi connectivity index (χ1v) is 4.92. The van der Waals surface area contributed by atoms with Gasteiger partial charge in [0.1, 0.15) is 6.42 Å². The van der Waals surface area contributed by atoms with Crippen LogP contribution in [0.5, 0.6) is 0 Å². The Morgan fingerprint density at radius 2 is 1.93 bits per heavy atom. The summed E-state index contributed by atoms with van der Waals surface area (Å²) in [6, 6.07) is -0.520. The maximum Gasteiger partial charge on any atom is 0.397 e. The van der Waals surface area contributed by atoms with Crippen molar-refractivity contribution in [3.8, 4) is 0 Å². The molecular formula is C9H14F3NO2. The molecule has 1 aliphatic carbocycles. The van der Waals surface area contributed by atoms with Crippen LogP contribution in [-0.2, 0) is 4.79 Å². The zero-order valence-electron chi connectivity index (χ0n) is 8.18. The molecule has 0 radical (unpaired) electrons. The first-order valence-electron chi connectivity index (χ1n) is 4.92. The fourth-order valence-corrected chi connectivity index (χ4v) is 1.72. The molecule has 1 amide bonds. The smallest absolute Gasteiger partial charge is 0.391 e. The summed E-state index contributed by atoms with van der Waals surface area (Å²) in [5.41, 5.74) is 0. The summed E-state index contributed by atoms with van der Waals surface area (Å²) >= 11 is 0. The van der Waals surface area contributed by atoms with Crippen molar-refractivity contribution >= 4 is 5.91 Å². The van der Waals surface area contributed by atoms with Crippen molar-refractivity contribution in [1.29, 1.82) is 0 Å². The molecule has 1 saturated carbocycles. The third kappa shape index (κ3) is 4.51. The Morgan fingerprint density at radius 1 is 1.33 bits per heavy atom. The van der Waals surface area contributed by atoms with Gasteiger partial charge in [-0.05, 0) is 12.8 Å². The first-order chi connectivity index (χ1) is 6.88. The zero-order valence-corrected chi connectivity index (χ0v) is 8.18. The highest BCUT2D eigenvalue weighted by Gasteiger charge is 2.33. The number of rotatable bonds is 2. The van der Waals surface area contributed by atoms with Gasteiger partial charge in [0.2, 0.25) is 5.91 Å². The van der Waals surface area contributed by atoms with Gasteiger partial charge in [-0.15, -0.1) is 0 Å². The largest absolute Gasteiger partial charge is 0.397 e. The van der Waals surface area contributed by atoms with Gasteiger partial charge in [0.15, 0.2) is 0 Å². The molecule has 0 heterocycles. The standard InChI is InChI=1S/C9H14F3NO2/c10-9(11,12)5-8(15)13-6-3-1-2-4-7(6)14/h6-7,14H,1-5H2,(H,13,15)/t6-,7-/m1/s1. The van der Waals surface area contributed by atoms with E-state index in [0.29, 0.717) is 12.8 Å². The third-order valence-corrected chi connectivity index (χ3v) is 2.44. The quantitative estimate of drug-likeness (QED) is 0.745. The molecule has 0 saturated heterocycles. The van der Waals surface area contributed by atoms with E-state index in [-0.39, 0.29) is 0 Å².